The average molecular weight is 342 g/mol. The van der Waals surface area contributed by atoms with Gasteiger partial charge in [0.05, 0.1) is 0 Å². The zero-order valence-corrected chi connectivity index (χ0v) is 16.0. The first kappa shape index (κ1) is 20.6. The van der Waals surface area contributed by atoms with Gasteiger partial charge < -0.3 is 20.1 Å². The molecule has 0 heterocycles. The zero-order valence-electron chi connectivity index (χ0n) is 16.0. The van der Waals surface area contributed by atoms with Crippen molar-refractivity contribution in [3.8, 4) is 0 Å². The molecule has 0 unspecified atom stereocenters. The van der Waals surface area contributed by atoms with Crippen LogP contribution in [0.25, 0.3) is 0 Å². The summed E-state index contributed by atoms with van der Waals surface area (Å²) in [5.74, 6) is 0.964. The van der Waals surface area contributed by atoms with Crippen LogP contribution < -0.4 is 10.6 Å². The molecule has 0 aliphatic heterocycles. The summed E-state index contributed by atoms with van der Waals surface area (Å²) in [6.45, 7) is 12.4. The van der Waals surface area contributed by atoms with E-state index in [-0.39, 0.29) is 12.2 Å². The Bertz CT molecular complexity index is 376. The molecule has 1 aliphatic rings. The standard InChI is InChI=1S/C18H34N2O4/c1-17(2,3)23-15(21)19-11-13-7-9-14(10-8-13)12-20-16(22)24-18(4,5)6/h13-14H,7-12H2,1-6H3,(H,19,21)(H,20,22). The van der Waals surface area contributed by atoms with Crippen molar-refractivity contribution < 1.29 is 19.1 Å². The molecule has 0 aromatic heterocycles. The first-order valence-corrected chi connectivity index (χ1v) is 8.88. The number of amides is 2. The minimum atomic E-state index is -0.463. The first-order valence-electron chi connectivity index (χ1n) is 8.88. The number of carbonyl (C=O) groups is 2. The Morgan fingerprint density at radius 3 is 1.29 bits per heavy atom. The van der Waals surface area contributed by atoms with Gasteiger partial charge >= 0.3 is 12.2 Å². The van der Waals surface area contributed by atoms with E-state index in [9.17, 15) is 9.59 Å². The molecule has 6 heteroatoms. The van der Waals surface area contributed by atoms with E-state index >= 15 is 0 Å². The molecule has 2 N–H and O–H groups in total. The Hall–Kier alpha value is -1.46. The first-order chi connectivity index (χ1) is 10.9. The minimum absolute atomic E-state index is 0.351. The molecule has 0 aromatic rings. The molecule has 1 aliphatic carbocycles. The number of hydrogen-bond donors (Lipinski definition) is 2. The van der Waals surface area contributed by atoms with Crippen molar-refractivity contribution in [1.29, 1.82) is 0 Å². The molecule has 6 nitrogen and oxygen atoms in total. The monoisotopic (exact) mass is 342 g/mol. The van der Waals surface area contributed by atoms with Crippen molar-refractivity contribution in [3.63, 3.8) is 0 Å². The summed E-state index contributed by atoms with van der Waals surface area (Å²) in [5, 5.41) is 5.70. The highest BCUT2D eigenvalue weighted by molar-refractivity contribution is 5.68. The van der Waals surface area contributed by atoms with Gasteiger partial charge in [0.25, 0.3) is 0 Å². The van der Waals surface area contributed by atoms with Gasteiger partial charge in [-0.15, -0.1) is 0 Å². The molecule has 140 valence electrons. The second kappa shape index (κ2) is 8.58. The summed E-state index contributed by atoms with van der Waals surface area (Å²) >= 11 is 0. The van der Waals surface area contributed by atoms with E-state index < -0.39 is 11.2 Å². The molecule has 1 saturated carbocycles. The van der Waals surface area contributed by atoms with E-state index in [0.29, 0.717) is 24.9 Å². The number of alkyl carbamates (subject to hydrolysis) is 2. The lowest BCUT2D eigenvalue weighted by Crippen LogP contribution is -2.38. The van der Waals surface area contributed by atoms with Crippen molar-refractivity contribution in [2.45, 2.75) is 78.4 Å². The van der Waals surface area contributed by atoms with Crippen LogP contribution in [0.2, 0.25) is 0 Å². The largest absolute Gasteiger partial charge is 0.444 e. The summed E-state index contributed by atoms with van der Waals surface area (Å²) in [6, 6.07) is 0. The highest BCUT2D eigenvalue weighted by Gasteiger charge is 2.24. The number of rotatable bonds is 4. The van der Waals surface area contributed by atoms with Crippen LogP contribution in [0.1, 0.15) is 67.2 Å². The van der Waals surface area contributed by atoms with Gasteiger partial charge in [0.15, 0.2) is 0 Å². The predicted molar refractivity (Wildman–Crippen MR) is 93.9 cm³/mol. The molecule has 0 radical (unpaired) electrons. The molecule has 1 rings (SSSR count). The van der Waals surface area contributed by atoms with Crippen LogP contribution in [-0.4, -0.2) is 36.5 Å². The fourth-order valence-corrected chi connectivity index (χ4v) is 2.72. The molecule has 0 aromatic carbocycles. The topological polar surface area (TPSA) is 76.7 Å². The Morgan fingerprint density at radius 2 is 1.04 bits per heavy atom. The molecule has 24 heavy (non-hydrogen) atoms. The van der Waals surface area contributed by atoms with Crippen LogP contribution in [-0.2, 0) is 9.47 Å². The maximum absolute atomic E-state index is 11.7. The van der Waals surface area contributed by atoms with Gasteiger partial charge in [0.1, 0.15) is 11.2 Å². The molecule has 0 saturated heterocycles. The van der Waals surface area contributed by atoms with Crippen LogP contribution in [0.3, 0.4) is 0 Å². The van der Waals surface area contributed by atoms with E-state index in [1.54, 1.807) is 0 Å². The van der Waals surface area contributed by atoms with Crippen LogP contribution in [0.15, 0.2) is 0 Å². The summed E-state index contributed by atoms with van der Waals surface area (Å²) in [4.78, 5) is 23.3. The average Bonchev–Trinajstić information content (AvgIpc) is 2.40. The maximum Gasteiger partial charge on any atom is 0.407 e. The second-order valence-electron chi connectivity index (χ2n) is 8.65. The molecular weight excluding hydrogens is 308 g/mol. The molecule has 1 fully saturated rings. The van der Waals surface area contributed by atoms with Gasteiger partial charge in [0, 0.05) is 13.1 Å². The second-order valence-corrected chi connectivity index (χ2v) is 8.65. The van der Waals surface area contributed by atoms with Crippen molar-refractivity contribution in [1.82, 2.24) is 10.6 Å². The Morgan fingerprint density at radius 1 is 0.750 bits per heavy atom. The normalized spacial score (nSPS) is 21.8. The van der Waals surface area contributed by atoms with Crippen molar-refractivity contribution in [2.75, 3.05) is 13.1 Å². The van der Waals surface area contributed by atoms with Gasteiger partial charge in [-0.25, -0.2) is 9.59 Å². The van der Waals surface area contributed by atoms with E-state index in [4.69, 9.17) is 9.47 Å². The van der Waals surface area contributed by atoms with E-state index in [2.05, 4.69) is 10.6 Å². The van der Waals surface area contributed by atoms with E-state index in [0.717, 1.165) is 25.7 Å². The Balaban J connectivity index is 2.18. The summed E-state index contributed by atoms with van der Waals surface area (Å²) in [7, 11) is 0. The van der Waals surface area contributed by atoms with Gasteiger partial charge in [0.2, 0.25) is 0 Å². The van der Waals surface area contributed by atoms with E-state index in [1.165, 1.54) is 0 Å². The third-order valence-corrected chi connectivity index (χ3v) is 3.83. The van der Waals surface area contributed by atoms with Crippen molar-refractivity contribution in [3.05, 3.63) is 0 Å². The number of nitrogens with one attached hydrogen (secondary N) is 2. The lowest BCUT2D eigenvalue weighted by Gasteiger charge is -2.29. The number of ether oxygens (including phenoxy) is 2. The third kappa shape index (κ3) is 9.63. The highest BCUT2D eigenvalue weighted by Crippen LogP contribution is 2.28. The smallest absolute Gasteiger partial charge is 0.407 e. The lowest BCUT2D eigenvalue weighted by atomic mass is 9.82. The van der Waals surface area contributed by atoms with Crippen molar-refractivity contribution in [2.24, 2.45) is 11.8 Å². The fourth-order valence-electron chi connectivity index (χ4n) is 2.72. The van der Waals surface area contributed by atoms with Crippen LogP contribution in [0, 0.1) is 11.8 Å². The van der Waals surface area contributed by atoms with E-state index in [1.807, 2.05) is 41.5 Å². The van der Waals surface area contributed by atoms with Gasteiger partial charge in [-0.3, -0.25) is 0 Å². The van der Waals surface area contributed by atoms with Gasteiger partial charge in [-0.05, 0) is 79.1 Å². The Labute approximate surface area is 146 Å². The molecule has 0 atom stereocenters. The third-order valence-electron chi connectivity index (χ3n) is 3.83. The summed E-state index contributed by atoms with van der Waals surface area (Å²) in [6.07, 6.45) is 3.51. The maximum atomic E-state index is 11.7. The van der Waals surface area contributed by atoms with Crippen LogP contribution in [0.5, 0.6) is 0 Å². The van der Waals surface area contributed by atoms with Gasteiger partial charge in [-0.1, -0.05) is 0 Å². The lowest BCUT2D eigenvalue weighted by molar-refractivity contribution is 0.0490. The summed E-state index contributed by atoms with van der Waals surface area (Å²) in [5.41, 5.74) is -0.926. The zero-order chi connectivity index (χ0) is 18.4. The Kier molecular flexibility index (Phi) is 7.36. The minimum Gasteiger partial charge on any atom is -0.444 e. The number of hydrogen-bond acceptors (Lipinski definition) is 4. The fraction of sp³-hybridized carbons (Fsp3) is 0.889. The van der Waals surface area contributed by atoms with Crippen LogP contribution in [0.4, 0.5) is 9.59 Å². The highest BCUT2D eigenvalue weighted by atomic mass is 16.6. The van der Waals surface area contributed by atoms with Gasteiger partial charge in [-0.2, -0.15) is 0 Å². The number of carbonyl (C=O) groups excluding carboxylic acids is 2. The van der Waals surface area contributed by atoms with Crippen LogP contribution >= 0.6 is 0 Å². The molecule has 2 amide bonds. The SMILES string of the molecule is CC(C)(C)OC(=O)NCC1CCC(CNC(=O)OC(C)(C)C)CC1. The molecule has 0 spiro atoms. The van der Waals surface area contributed by atoms with Crippen molar-refractivity contribution >= 4 is 12.2 Å². The summed E-state index contributed by atoms with van der Waals surface area (Å²) < 4.78 is 10.5. The quantitative estimate of drug-likeness (QED) is 0.814. The predicted octanol–water partition coefficient (Wildman–Crippen LogP) is 3.84. The molecular formula is C18H34N2O4. The molecule has 0 bridgehead atoms.